The normalized spacial score (nSPS) is 25.5. The molecule has 1 rings (SSSR count). The Kier molecular flexibility index (Phi) is 6.10. The van der Waals surface area contributed by atoms with Crippen LogP contribution in [0.2, 0.25) is 0 Å². The van der Waals surface area contributed by atoms with Gasteiger partial charge in [-0.3, -0.25) is 4.79 Å². The summed E-state index contributed by atoms with van der Waals surface area (Å²) in [6.45, 7) is 2.80. The summed E-state index contributed by atoms with van der Waals surface area (Å²) in [6, 6.07) is 0.416. The molecule has 1 fully saturated rings. The highest BCUT2D eigenvalue weighted by atomic mass is 32.2. The Bertz CT molecular complexity index is 199. The Morgan fingerprint density at radius 2 is 2.33 bits per heavy atom. The lowest BCUT2D eigenvalue weighted by molar-refractivity contribution is -0.121. The molecule has 1 amide bonds. The Morgan fingerprint density at radius 1 is 1.53 bits per heavy atom. The monoisotopic (exact) mass is 230 g/mol. The van der Waals surface area contributed by atoms with E-state index in [1.54, 1.807) is 0 Å². The molecule has 4 heteroatoms. The van der Waals surface area contributed by atoms with Gasteiger partial charge in [0.05, 0.1) is 0 Å². The second kappa shape index (κ2) is 7.12. The second-order valence-electron chi connectivity index (χ2n) is 4.05. The number of carbonyl (C=O) groups excluding carboxylic acids is 1. The van der Waals surface area contributed by atoms with Crippen LogP contribution in [0.4, 0.5) is 0 Å². The van der Waals surface area contributed by atoms with Gasteiger partial charge in [-0.15, -0.1) is 0 Å². The average Bonchev–Trinajstić information content (AvgIpc) is 2.63. The molecule has 3 nitrogen and oxygen atoms in total. The molecule has 0 radical (unpaired) electrons. The van der Waals surface area contributed by atoms with E-state index in [0.717, 1.165) is 24.5 Å². The highest BCUT2D eigenvalue weighted by Crippen LogP contribution is 2.29. The zero-order valence-corrected chi connectivity index (χ0v) is 10.3. The Hall–Kier alpha value is -0.220. The van der Waals surface area contributed by atoms with Crippen LogP contribution in [0.1, 0.15) is 39.0 Å². The van der Waals surface area contributed by atoms with Gasteiger partial charge in [0.1, 0.15) is 0 Å². The Morgan fingerprint density at radius 3 is 3.00 bits per heavy atom. The maximum absolute atomic E-state index is 11.4. The van der Waals surface area contributed by atoms with Crippen molar-refractivity contribution in [3.8, 4) is 0 Å². The summed E-state index contributed by atoms with van der Waals surface area (Å²) >= 11 is 2.02. The molecule has 0 bridgehead atoms. The number of carbonyl (C=O) groups is 1. The first kappa shape index (κ1) is 12.8. The third-order valence-electron chi connectivity index (χ3n) is 2.76. The van der Waals surface area contributed by atoms with E-state index in [4.69, 9.17) is 5.73 Å². The predicted molar refractivity (Wildman–Crippen MR) is 66.0 cm³/mol. The fourth-order valence-electron chi connectivity index (χ4n) is 2.02. The number of amides is 1. The lowest BCUT2D eigenvalue weighted by atomic mass is 10.2. The fourth-order valence-corrected chi connectivity index (χ4v) is 3.16. The van der Waals surface area contributed by atoms with E-state index in [1.165, 1.54) is 12.2 Å². The summed E-state index contributed by atoms with van der Waals surface area (Å²) in [6.07, 6.45) is 4.92. The summed E-state index contributed by atoms with van der Waals surface area (Å²) in [5.74, 6) is 1.35. The van der Waals surface area contributed by atoms with Gasteiger partial charge in [-0.25, -0.2) is 0 Å². The van der Waals surface area contributed by atoms with Crippen LogP contribution in [-0.2, 0) is 4.79 Å². The molecule has 0 heterocycles. The molecular weight excluding hydrogens is 208 g/mol. The zero-order chi connectivity index (χ0) is 11.1. The van der Waals surface area contributed by atoms with Gasteiger partial charge in [0.2, 0.25) is 5.91 Å². The third-order valence-corrected chi connectivity index (χ3v) is 3.99. The molecule has 0 saturated heterocycles. The molecule has 0 aromatic carbocycles. The molecule has 0 spiro atoms. The second-order valence-corrected chi connectivity index (χ2v) is 5.62. The lowest BCUT2D eigenvalue weighted by Crippen LogP contribution is -2.33. The smallest absolute Gasteiger partial charge is 0.220 e. The van der Waals surface area contributed by atoms with Gasteiger partial charge in [0.15, 0.2) is 0 Å². The molecule has 0 aliphatic heterocycles. The van der Waals surface area contributed by atoms with Gasteiger partial charge < -0.3 is 11.1 Å². The van der Waals surface area contributed by atoms with E-state index in [2.05, 4.69) is 12.2 Å². The summed E-state index contributed by atoms with van der Waals surface area (Å²) < 4.78 is 0. The standard InChI is InChI=1S/C11H22N2OS/c1-2-15-10-6-5-9(8-10)13-11(14)4-3-7-12/h9-10H,2-8,12H2,1H3,(H,13,14). The summed E-state index contributed by atoms with van der Waals surface area (Å²) in [4.78, 5) is 11.4. The van der Waals surface area contributed by atoms with Crippen molar-refractivity contribution in [3.05, 3.63) is 0 Å². The van der Waals surface area contributed by atoms with Gasteiger partial charge >= 0.3 is 0 Å². The number of nitrogens with one attached hydrogen (secondary N) is 1. The van der Waals surface area contributed by atoms with Crippen molar-refractivity contribution in [2.45, 2.75) is 50.3 Å². The van der Waals surface area contributed by atoms with Crippen molar-refractivity contribution < 1.29 is 4.79 Å². The quantitative estimate of drug-likeness (QED) is 0.727. The number of nitrogens with two attached hydrogens (primary N) is 1. The van der Waals surface area contributed by atoms with Crippen LogP contribution in [0, 0.1) is 0 Å². The summed E-state index contributed by atoms with van der Waals surface area (Å²) in [5, 5.41) is 3.85. The van der Waals surface area contributed by atoms with Crippen LogP contribution in [0.5, 0.6) is 0 Å². The van der Waals surface area contributed by atoms with Crippen molar-refractivity contribution in [2.24, 2.45) is 5.73 Å². The summed E-state index contributed by atoms with van der Waals surface area (Å²) in [7, 11) is 0. The van der Waals surface area contributed by atoms with Gasteiger partial charge in [-0.05, 0) is 38.0 Å². The van der Waals surface area contributed by atoms with Gasteiger partial charge in [0, 0.05) is 17.7 Å². The van der Waals surface area contributed by atoms with E-state index >= 15 is 0 Å². The van der Waals surface area contributed by atoms with E-state index in [0.29, 0.717) is 19.0 Å². The van der Waals surface area contributed by atoms with E-state index < -0.39 is 0 Å². The molecular formula is C11H22N2OS. The zero-order valence-electron chi connectivity index (χ0n) is 9.50. The van der Waals surface area contributed by atoms with Crippen molar-refractivity contribution in [3.63, 3.8) is 0 Å². The Labute approximate surface area is 96.6 Å². The predicted octanol–water partition coefficient (Wildman–Crippen LogP) is 1.52. The molecule has 1 aliphatic rings. The molecule has 1 saturated carbocycles. The average molecular weight is 230 g/mol. The van der Waals surface area contributed by atoms with E-state index in [-0.39, 0.29) is 5.91 Å². The minimum Gasteiger partial charge on any atom is -0.353 e. The maximum Gasteiger partial charge on any atom is 0.220 e. The molecule has 2 atom stereocenters. The topological polar surface area (TPSA) is 55.1 Å². The van der Waals surface area contributed by atoms with Crippen LogP contribution >= 0.6 is 11.8 Å². The summed E-state index contributed by atoms with van der Waals surface area (Å²) in [5.41, 5.74) is 5.36. The van der Waals surface area contributed by atoms with Crippen LogP contribution in [0.25, 0.3) is 0 Å². The maximum atomic E-state index is 11.4. The first-order valence-electron chi connectivity index (χ1n) is 5.87. The molecule has 3 N–H and O–H groups in total. The molecule has 15 heavy (non-hydrogen) atoms. The first-order chi connectivity index (χ1) is 7.26. The minimum absolute atomic E-state index is 0.174. The minimum atomic E-state index is 0.174. The molecule has 0 aromatic heterocycles. The molecule has 0 aromatic rings. The highest BCUT2D eigenvalue weighted by Gasteiger charge is 2.25. The van der Waals surface area contributed by atoms with E-state index in [1.807, 2.05) is 11.8 Å². The van der Waals surface area contributed by atoms with E-state index in [9.17, 15) is 4.79 Å². The number of rotatable bonds is 6. The van der Waals surface area contributed by atoms with Crippen LogP contribution in [0.3, 0.4) is 0 Å². The van der Waals surface area contributed by atoms with Gasteiger partial charge in [-0.2, -0.15) is 11.8 Å². The first-order valence-corrected chi connectivity index (χ1v) is 6.92. The van der Waals surface area contributed by atoms with Crippen molar-refractivity contribution in [1.29, 1.82) is 0 Å². The SMILES string of the molecule is CCSC1CCC(NC(=O)CCCN)C1. The highest BCUT2D eigenvalue weighted by molar-refractivity contribution is 7.99. The molecule has 2 unspecified atom stereocenters. The molecule has 88 valence electrons. The van der Waals surface area contributed by atoms with Crippen molar-refractivity contribution in [2.75, 3.05) is 12.3 Å². The van der Waals surface area contributed by atoms with Crippen molar-refractivity contribution in [1.82, 2.24) is 5.32 Å². The van der Waals surface area contributed by atoms with Gasteiger partial charge in [0.25, 0.3) is 0 Å². The third kappa shape index (κ3) is 4.89. The van der Waals surface area contributed by atoms with Crippen LogP contribution in [0.15, 0.2) is 0 Å². The number of hydrogen-bond acceptors (Lipinski definition) is 3. The lowest BCUT2D eigenvalue weighted by Gasteiger charge is -2.12. The number of hydrogen-bond donors (Lipinski definition) is 2. The van der Waals surface area contributed by atoms with Crippen LogP contribution in [-0.4, -0.2) is 29.5 Å². The molecule has 1 aliphatic carbocycles. The number of thioether (sulfide) groups is 1. The van der Waals surface area contributed by atoms with Gasteiger partial charge in [-0.1, -0.05) is 6.92 Å². The fraction of sp³-hybridized carbons (Fsp3) is 0.909. The van der Waals surface area contributed by atoms with Crippen LogP contribution < -0.4 is 11.1 Å². The van der Waals surface area contributed by atoms with Crippen molar-refractivity contribution >= 4 is 17.7 Å². The Balaban J connectivity index is 2.15. The largest absolute Gasteiger partial charge is 0.353 e.